The zero-order valence-corrected chi connectivity index (χ0v) is 18.9. The van der Waals surface area contributed by atoms with Gasteiger partial charge in [0, 0.05) is 17.4 Å². The third kappa shape index (κ3) is 4.07. The molecule has 0 saturated carbocycles. The zero-order chi connectivity index (χ0) is 21.1. The van der Waals surface area contributed by atoms with Crippen molar-refractivity contribution in [2.75, 3.05) is 27.6 Å². The predicted octanol–water partition coefficient (Wildman–Crippen LogP) is 4.95. The van der Waals surface area contributed by atoms with Crippen molar-refractivity contribution >= 4 is 29.9 Å². The van der Waals surface area contributed by atoms with Crippen molar-refractivity contribution in [3.05, 3.63) is 39.9 Å². The van der Waals surface area contributed by atoms with Crippen LogP contribution >= 0.6 is 24.0 Å². The molecule has 3 rings (SSSR count). The molecule has 2 aromatic rings. The Morgan fingerprint density at radius 2 is 1.86 bits per heavy atom. The first-order valence-electron chi connectivity index (χ1n) is 9.26. The van der Waals surface area contributed by atoms with E-state index in [0.717, 1.165) is 44.5 Å². The number of fused-ring (bicyclic) bond motifs is 3. The average Bonchev–Trinajstić information content (AvgIpc) is 2.95. The first-order chi connectivity index (χ1) is 13.9. The third-order valence-corrected chi connectivity index (χ3v) is 6.36. The van der Waals surface area contributed by atoms with E-state index in [2.05, 4.69) is 11.4 Å². The van der Waals surface area contributed by atoms with E-state index in [1.165, 1.54) is 6.92 Å². The molecule has 0 spiro atoms. The van der Waals surface area contributed by atoms with Gasteiger partial charge in [0.05, 0.1) is 31.9 Å². The Labute approximate surface area is 180 Å². The highest BCUT2D eigenvalue weighted by Crippen LogP contribution is 2.50. The van der Waals surface area contributed by atoms with Gasteiger partial charge in [0.1, 0.15) is 0 Å². The molecule has 29 heavy (non-hydrogen) atoms. The van der Waals surface area contributed by atoms with E-state index in [1.807, 2.05) is 24.5 Å². The summed E-state index contributed by atoms with van der Waals surface area (Å²) in [5.74, 6) is 1.72. The van der Waals surface area contributed by atoms with Crippen molar-refractivity contribution in [3.8, 4) is 28.4 Å². The molecule has 1 aliphatic carbocycles. The number of aryl methyl sites for hydroxylation is 1. The van der Waals surface area contributed by atoms with Crippen LogP contribution in [0.4, 0.5) is 0 Å². The van der Waals surface area contributed by atoms with Crippen LogP contribution in [0.5, 0.6) is 17.2 Å². The minimum absolute atomic E-state index is 0.0726. The molecular formula is C22H25NO4S2. The van der Waals surface area contributed by atoms with E-state index >= 15 is 0 Å². The molecule has 0 radical (unpaired) electrons. The molecule has 2 aromatic carbocycles. The van der Waals surface area contributed by atoms with Crippen LogP contribution in [0, 0.1) is 4.51 Å². The van der Waals surface area contributed by atoms with Crippen molar-refractivity contribution in [1.82, 2.24) is 5.32 Å². The Kier molecular flexibility index (Phi) is 6.70. The molecule has 0 bridgehead atoms. The molecule has 154 valence electrons. The van der Waals surface area contributed by atoms with Gasteiger partial charge in [-0.2, -0.15) is 0 Å². The number of benzene rings is 1. The van der Waals surface area contributed by atoms with Gasteiger partial charge in [0.15, 0.2) is 11.5 Å². The highest BCUT2D eigenvalue weighted by Gasteiger charge is 2.29. The second-order valence-corrected chi connectivity index (χ2v) is 8.04. The van der Waals surface area contributed by atoms with Crippen LogP contribution in [0.25, 0.3) is 11.1 Å². The van der Waals surface area contributed by atoms with E-state index in [-0.39, 0.29) is 11.9 Å². The maximum atomic E-state index is 11.9. The Morgan fingerprint density at radius 1 is 1.14 bits per heavy atom. The van der Waals surface area contributed by atoms with Crippen LogP contribution in [0.15, 0.2) is 29.2 Å². The van der Waals surface area contributed by atoms with Crippen molar-refractivity contribution in [2.45, 2.75) is 30.7 Å². The van der Waals surface area contributed by atoms with E-state index in [9.17, 15) is 4.79 Å². The predicted molar refractivity (Wildman–Crippen MR) is 119 cm³/mol. The number of methoxy groups -OCH3 is 3. The lowest BCUT2D eigenvalue weighted by Crippen LogP contribution is -2.26. The average molecular weight is 432 g/mol. The molecule has 1 amide bonds. The van der Waals surface area contributed by atoms with Crippen LogP contribution in [0.2, 0.25) is 0 Å². The number of hydrogen-bond acceptors (Lipinski definition) is 6. The van der Waals surface area contributed by atoms with Crippen molar-refractivity contribution in [1.29, 1.82) is 0 Å². The van der Waals surface area contributed by atoms with Crippen LogP contribution in [0.1, 0.15) is 30.5 Å². The summed E-state index contributed by atoms with van der Waals surface area (Å²) in [5.41, 5.74) is 3.98. The summed E-state index contributed by atoms with van der Waals surface area (Å²) in [6, 6.07) is 7.93. The van der Waals surface area contributed by atoms with Crippen LogP contribution in [0.3, 0.4) is 0 Å². The largest absolute Gasteiger partial charge is 0.493 e. The molecule has 1 N–H and O–H groups in total. The summed E-state index contributed by atoms with van der Waals surface area (Å²) in [4.78, 5) is 12.9. The van der Waals surface area contributed by atoms with E-state index < -0.39 is 0 Å². The zero-order valence-electron chi connectivity index (χ0n) is 17.3. The van der Waals surface area contributed by atoms with Gasteiger partial charge in [-0.05, 0) is 54.0 Å². The number of thioether (sulfide) groups is 1. The number of carbonyl (C=O) groups excluding carboxylic acids is 1. The summed E-state index contributed by atoms with van der Waals surface area (Å²) < 4.78 is 17.7. The number of carbonyl (C=O) groups is 1. The normalized spacial score (nSPS) is 14.9. The van der Waals surface area contributed by atoms with Gasteiger partial charge in [0.25, 0.3) is 0 Å². The van der Waals surface area contributed by atoms with Gasteiger partial charge < -0.3 is 19.5 Å². The van der Waals surface area contributed by atoms with Crippen LogP contribution in [-0.2, 0) is 11.2 Å². The SMILES string of the molecule is COc1cc2c(c(OC)c1OC)-c1ccc(SC)c(=S)cc1C(NC(C)=O)CC2. The summed E-state index contributed by atoms with van der Waals surface area (Å²) in [6.07, 6.45) is 3.49. The van der Waals surface area contributed by atoms with Gasteiger partial charge in [-0.15, -0.1) is 11.8 Å². The molecule has 1 atom stereocenters. The van der Waals surface area contributed by atoms with Gasteiger partial charge in [-0.3, -0.25) is 4.79 Å². The molecule has 1 unspecified atom stereocenters. The van der Waals surface area contributed by atoms with Crippen LogP contribution < -0.4 is 19.5 Å². The molecule has 1 aliphatic rings. The molecule has 0 saturated heterocycles. The van der Waals surface area contributed by atoms with E-state index in [4.69, 9.17) is 26.4 Å². The maximum absolute atomic E-state index is 11.9. The number of rotatable bonds is 5. The minimum atomic E-state index is -0.152. The highest BCUT2D eigenvalue weighted by molar-refractivity contribution is 7.98. The van der Waals surface area contributed by atoms with Gasteiger partial charge in [-0.25, -0.2) is 0 Å². The Hall–Kier alpha value is -2.25. The molecule has 5 nitrogen and oxygen atoms in total. The topological polar surface area (TPSA) is 56.8 Å². The van der Waals surface area contributed by atoms with Gasteiger partial charge >= 0.3 is 0 Å². The third-order valence-electron chi connectivity index (χ3n) is 5.10. The highest BCUT2D eigenvalue weighted by atomic mass is 32.2. The van der Waals surface area contributed by atoms with Crippen molar-refractivity contribution in [3.63, 3.8) is 0 Å². The summed E-state index contributed by atoms with van der Waals surface area (Å²) in [5, 5.41) is 3.09. The van der Waals surface area contributed by atoms with E-state index in [0.29, 0.717) is 17.2 Å². The monoisotopic (exact) mass is 431 g/mol. The fourth-order valence-corrected chi connectivity index (χ4v) is 4.77. The first-order valence-corrected chi connectivity index (χ1v) is 10.9. The lowest BCUT2D eigenvalue weighted by Gasteiger charge is -2.19. The second kappa shape index (κ2) is 9.05. The maximum Gasteiger partial charge on any atom is 0.217 e. The summed E-state index contributed by atoms with van der Waals surface area (Å²) >= 11 is 7.26. The minimum Gasteiger partial charge on any atom is -0.493 e. The fourth-order valence-electron chi connectivity index (χ4n) is 3.86. The molecule has 0 fully saturated rings. The number of hydrogen-bond donors (Lipinski definition) is 1. The standard InChI is InChI=1S/C22H25NO4S2/c1-12(24)23-16-8-6-13-10-17(25-2)21(26-3)22(27-4)20(13)14-7-9-19(29-5)18(28)11-15(14)16/h7,9-11,16H,6,8H2,1-5H3,(H,23,24). The fraction of sp³-hybridized carbons (Fsp3) is 0.364. The molecule has 0 heterocycles. The van der Waals surface area contributed by atoms with Crippen molar-refractivity contribution in [2.24, 2.45) is 0 Å². The number of ether oxygens (including phenoxy) is 3. The van der Waals surface area contributed by atoms with E-state index in [1.54, 1.807) is 33.1 Å². The molecule has 0 aliphatic heterocycles. The Balaban J connectivity index is 2.41. The molecular weight excluding hydrogens is 406 g/mol. The summed E-state index contributed by atoms with van der Waals surface area (Å²) in [6.45, 7) is 1.54. The number of nitrogens with one attached hydrogen (secondary N) is 1. The summed E-state index contributed by atoms with van der Waals surface area (Å²) in [7, 11) is 4.84. The van der Waals surface area contributed by atoms with Gasteiger partial charge in [-0.1, -0.05) is 18.3 Å². The quantitative estimate of drug-likeness (QED) is 0.534. The lowest BCUT2D eigenvalue weighted by molar-refractivity contribution is -0.119. The number of amides is 1. The smallest absolute Gasteiger partial charge is 0.217 e. The molecule has 0 aromatic heterocycles. The van der Waals surface area contributed by atoms with Crippen molar-refractivity contribution < 1.29 is 19.0 Å². The Morgan fingerprint density at radius 3 is 2.45 bits per heavy atom. The Bertz CT molecular complexity index is 1010. The second-order valence-electron chi connectivity index (χ2n) is 6.75. The van der Waals surface area contributed by atoms with Crippen LogP contribution in [-0.4, -0.2) is 33.5 Å². The van der Waals surface area contributed by atoms with Gasteiger partial charge in [0.2, 0.25) is 11.7 Å². The lowest BCUT2D eigenvalue weighted by atomic mass is 9.95. The first kappa shape index (κ1) is 21.5. The molecule has 7 heteroatoms.